The summed E-state index contributed by atoms with van der Waals surface area (Å²) in [5, 5.41) is 3.48. The Bertz CT molecular complexity index is 236. The Balaban J connectivity index is 1.40. The summed E-state index contributed by atoms with van der Waals surface area (Å²) in [4.78, 5) is 5.48. The fourth-order valence-electron chi connectivity index (χ4n) is 4.00. The first-order valence-corrected chi connectivity index (χ1v) is 8.09. The van der Waals surface area contributed by atoms with Gasteiger partial charge in [0, 0.05) is 12.6 Å². The molecule has 3 heterocycles. The van der Waals surface area contributed by atoms with Crippen LogP contribution in [0.3, 0.4) is 0 Å². The van der Waals surface area contributed by atoms with Crippen molar-refractivity contribution in [3.63, 3.8) is 0 Å². The Morgan fingerprint density at radius 2 is 1.50 bits per heavy atom. The van der Waals surface area contributed by atoms with Gasteiger partial charge in [0.25, 0.3) is 0 Å². The summed E-state index contributed by atoms with van der Waals surface area (Å²) in [6, 6.07) is 0.888. The average molecular weight is 251 g/mol. The summed E-state index contributed by atoms with van der Waals surface area (Å²) < 4.78 is 0. The minimum absolute atomic E-state index is 0.888. The standard InChI is InChI=1S/C15H29N3/c1-2-10-17(9-1)13-14-5-11-18(12-6-14)15-3-7-16-8-4-15/h14-16H,1-13H2. The van der Waals surface area contributed by atoms with Crippen LogP contribution in [0.25, 0.3) is 0 Å². The van der Waals surface area contributed by atoms with Crippen LogP contribution < -0.4 is 5.32 Å². The molecule has 3 aliphatic rings. The summed E-state index contributed by atoms with van der Waals surface area (Å²) in [7, 11) is 0. The Labute approximate surface area is 112 Å². The van der Waals surface area contributed by atoms with E-state index >= 15 is 0 Å². The number of hydrogen-bond donors (Lipinski definition) is 1. The van der Waals surface area contributed by atoms with Crippen molar-refractivity contribution in [2.24, 2.45) is 5.92 Å². The molecule has 104 valence electrons. The quantitative estimate of drug-likeness (QED) is 0.821. The number of rotatable bonds is 3. The van der Waals surface area contributed by atoms with Crippen LogP contribution in [0.1, 0.15) is 38.5 Å². The van der Waals surface area contributed by atoms with E-state index in [-0.39, 0.29) is 0 Å². The fourth-order valence-corrected chi connectivity index (χ4v) is 4.00. The molecular formula is C15H29N3. The molecule has 0 aromatic rings. The summed E-state index contributed by atoms with van der Waals surface area (Å²) >= 11 is 0. The van der Waals surface area contributed by atoms with Crippen LogP contribution in [0, 0.1) is 5.92 Å². The summed E-state index contributed by atoms with van der Waals surface area (Å²) in [5.41, 5.74) is 0. The van der Waals surface area contributed by atoms with Gasteiger partial charge >= 0.3 is 0 Å². The summed E-state index contributed by atoms with van der Waals surface area (Å²) in [5.74, 6) is 0.987. The molecule has 3 nitrogen and oxygen atoms in total. The number of hydrogen-bond acceptors (Lipinski definition) is 3. The van der Waals surface area contributed by atoms with E-state index in [2.05, 4.69) is 15.1 Å². The molecule has 3 heteroatoms. The molecule has 0 bridgehead atoms. The molecule has 18 heavy (non-hydrogen) atoms. The van der Waals surface area contributed by atoms with Gasteiger partial charge in [-0.1, -0.05) is 0 Å². The van der Waals surface area contributed by atoms with E-state index in [1.165, 1.54) is 84.3 Å². The highest BCUT2D eigenvalue weighted by Gasteiger charge is 2.27. The first kappa shape index (κ1) is 12.9. The molecule has 0 aromatic carbocycles. The van der Waals surface area contributed by atoms with E-state index in [1.54, 1.807) is 0 Å². The van der Waals surface area contributed by atoms with Crippen LogP contribution in [0.4, 0.5) is 0 Å². The normalized spacial score (nSPS) is 30.0. The van der Waals surface area contributed by atoms with Crippen molar-refractivity contribution in [1.82, 2.24) is 15.1 Å². The van der Waals surface area contributed by atoms with Crippen LogP contribution in [0.15, 0.2) is 0 Å². The van der Waals surface area contributed by atoms with E-state index in [9.17, 15) is 0 Å². The number of likely N-dealkylation sites (tertiary alicyclic amines) is 2. The summed E-state index contributed by atoms with van der Waals surface area (Å²) in [6.45, 7) is 9.33. The Hall–Kier alpha value is -0.120. The van der Waals surface area contributed by atoms with Crippen molar-refractivity contribution < 1.29 is 0 Å². The second-order valence-electron chi connectivity index (χ2n) is 6.47. The van der Waals surface area contributed by atoms with Crippen molar-refractivity contribution in [3.05, 3.63) is 0 Å². The monoisotopic (exact) mass is 251 g/mol. The van der Waals surface area contributed by atoms with Gasteiger partial charge in [-0.25, -0.2) is 0 Å². The minimum atomic E-state index is 0.888. The number of piperidine rings is 2. The molecule has 3 rings (SSSR count). The zero-order valence-corrected chi connectivity index (χ0v) is 11.7. The van der Waals surface area contributed by atoms with Gasteiger partial charge in [0.1, 0.15) is 0 Å². The Kier molecular flexibility index (Phi) is 4.55. The van der Waals surface area contributed by atoms with Crippen LogP contribution in [0.2, 0.25) is 0 Å². The van der Waals surface area contributed by atoms with Crippen molar-refractivity contribution in [2.45, 2.75) is 44.6 Å². The molecule has 3 saturated heterocycles. The Morgan fingerprint density at radius 1 is 0.833 bits per heavy atom. The van der Waals surface area contributed by atoms with Crippen LogP contribution >= 0.6 is 0 Å². The smallest absolute Gasteiger partial charge is 0.0119 e. The highest BCUT2D eigenvalue weighted by molar-refractivity contribution is 4.83. The largest absolute Gasteiger partial charge is 0.317 e. The van der Waals surface area contributed by atoms with Gasteiger partial charge in [-0.2, -0.15) is 0 Å². The number of nitrogens with one attached hydrogen (secondary N) is 1. The van der Waals surface area contributed by atoms with E-state index in [0.29, 0.717) is 0 Å². The fraction of sp³-hybridized carbons (Fsp3) is 1.00. The highest BCUT2D eigenvalue weighted by atomic mass is 15.2. The van der Waals surface area contributed by atoms with Gasteiger partial charge in [-0.05, 0) is 83.7 Å². The van der Waals surface area contributed by atoms with Gasteiger partial charge in [0.2, 0.25) is 0 Å². The molecule has 0 aromatic heterocycles. The molecule has 3 aliphatic heterocycles. The molecule has 0 radical (unpaired) electrons. The van der Waals surface area contributed by atoms with Crippen molar-refractivity contribution in [1.29, 1.82) is 0 Å². The van der Waals surface area contributed by atoms with E-state index in [1.807, 2.05) is 0 Å². The molecule has 0 aliphatic carbocycles. The first-order valence-electron chi connectivity index (χ1n) is 8.09. The van der Waals surface area contributed by atoms with Gasteiger partial charge in [0.05, 0.1) is 0 Å². The lowest BCUT2D eigenvalue weighted by atomic mass is 9.93. The van der Waals surface area contributed by atoms with E-state index in [4.69, 9.17) is 0 Å². The maximum Gasteiger partial charge on any atom is 0.0119 e. The average Bonchev–Trinajstić information content (AvgIpc) is 2.94. The molecule has 0 saturated carbocycles. The van der Waals surface area contributed by atoms with Gasteiger partial charge in [-0.15, -0.1) is 0 Å². The van der Waals surface area contributed by atoms with Crippen molar-refractivity contribution >= 4 is 0 Å². The predicted molar refractivity (Wildman–Crippen MR) is 75.9 cm³/mol. The third-order valence-electron chi connectivity index (χ3n) is 5.19. The van der Waals surface area contributed by atoms with E-state index in [0.717, 1.165) is 12.0 Å². The molecule has 3 fully saturated rings. The lowest BCUT2D eigenvalue weighted by molar-refractivity contribution is 0.0984. The molecule has 1 N–H and O–H groups in total. The Morgan fingerprint density at radius 3 is 2.17 bits per heavy atom. The molecular weight excluding hydrogens is 222 g/mol. The van der Waals surface area contributed by atoms with Crippen molar-refractivity contribution in [2.75, 3.05) is 45.8 Å². The van der Waals surface area contributed by atoms with Gasteiger partial charge in [-0.3, -0.25) is 0 Å². The third-order valence-corrected chi connectivity index (χ3v) is 5.19. The van der Waals surface area contributed by atoms with Gasteiger partial charge < -0.3 is 15.1 Å². The topological polar surface area (TPSA) is 18.5 Å². The maximum atomic E-state index is 3.48. The SMILES string of the molecule is C1CCN(CC2CCN(C3CCNCC3)CC2)C1. The minimum Gasteiger partial charge on any atom is -0.317 e. The highest BCUT2D eigenvalue weighted by Crippen LogP contribution is 2.24. The maximum absolute atomic E-state index is 3.48. The van der Waals surface area contributed by atoms with Crippen molar-refractivity contribution in [3.8, 4) is 0 Å². The van der Waals surface area contributed by atoms with Gasteiger partial charge in [0.15, 0.2) is 0 Å². The van der Waals surface area contributed by atoms with E-state index < -0.39 is 0 Å². The lowest BCUT2D eigenvalue weighted by Crippen LogP contribution is -2.47. The zero-order chi connectivity index (χ0) is 12.2. The predicted octanol–water partition coefficient (Wildman–Crippen LogP) is 1.55. The number of nitrogens with zero attached hydrogens (tertiary/aromatic N) is 2. The molecule has 0 amide bonds. The molecule has 0 spiro atoms. The second-order valence-corrected chi connectivity index (χ2v) is 6.47. The van der Waals surface area contributed by atoms with Crippen LogP contribution in [-0.4, -0.2) is 61.7 Å². The van der Waals surface area contributed by atoms with Crippen LogP contribution in [-0.2, 0) is 0 Å². The molecule has 0 atom stereocenters. The van der Waals surface area contributed by atoms with Crippen LogP contribution in [0.5, 0.6) is 0 Å². The second kappa shape index (κ2) is 6.36. The third kappa shape index (κ3) is 3.25. The summed E-state index contributed by atoms with van der Waals surface area (Å²) in [6.07, 6.45) is 8.51. The molecule has 0 unspecified atom stereocenters. The first-order chi connectivity index (χ1) is 8.92. The zero-order valence-electron chi connectivity index (χ0n) is 11.7. The lowest BCUT2D eigenvalue weighted by Gasteiger charge is -2.40.